The van der Waals surface area contributed by atoms with Gasteiger partial charge in [-0.1, -0.05) is 18.2 Å². The average molecular weight is 202 g/mol. The Morgan fingerprint density at radius 2 is 2.07 bits per heavy atom. The maximum Gasteiger partial charge on any atom is 0.251 e. The van der Waals surface area contributed by atoms with Crippen molar-refractivity contribution >= 4 is 16.8 Å². The second-order valence-corrected chi connectivity index (χ2v) is 3.59. The Kier molecular flexibility index (Phi) is 2.23. The Hall–Kier alpha value is -1.77. The number of rotatable bonds is 2. The summed E-state index contributed by atoms with van der Waals surface area (Å²) in [5.74, 6) is -0.351. The molecule has 3 nitrogen and oxygen atoms in total. The molecular weight excluding hydrogens is 188 g/mol. The molecule has 1 aromatic heterocycles. The van der Waals surface area contributed by atoms with Gasteiger partial charge in [0.2, 0.25) is 0 Å². The molecule has 0 fully saturated rings. The highest BCUT2D eigenvalue weighted by Gasteiger charge is 2.16. The average Bonchev–Trinajstić information content (AvgIpc) is 2.49. The molecule has 2 N–H and O–H groups in total. The standard InChI is InChI=1S/C12H14N2O/c1-3-14-8(2)11(12(13)15)9-6-4-5-7-10(9)14/h4-7H,3H2,1-2H3,(H2,13,15). The first-order chi connectivity index (χ1) is 7.16. The molecule has 2 rings (SSSR count). The molecule has 0 aliphatic carbocycles. The maximum atomic E-state index is 11.4. The molecule has 0 unspecified atom stereocenters. The Bertz CT molecular complexity index is 526. The zero-order valence-corrected chi connectivity index (χ0v) is 8.95. The Morgan fingerprint density at radius 1 is 1.40 bits per heavy atom. The fourth-order valence-electron chi connectivity index (χ4n) is 2.15. The monoisotopic (exact) mass is 202 g/mol. The van der Waals surface area contributed by atoms with E-state index in [1.807, 2.05) is 31.2 Å². The van der Waals surface area contributed by atoms with Crippen LogP contribution in [0.4, 0.5) is 0 Å². The minimum Gasteiger partial charge on any atom is -0.366 e. The summed E-state index contributed by atoms with van der Waals surface area (Å²) in [7, 11) is 0. The summed E-state index contributed by atoms with van der Waals surface area (Å²) in [6.07, 6.45) is 0. The maximum absolute atomic E-state index is 11.4. The number of aryl methyl sites for hydroxylation is 1. The van der Waals surface area contributed by atoms with Crippen LogP contribution in [0.5, 0.6) is 0 Å². The van der Waals surface area contributed by atoms with Gasteiger partial charge in [-0.3, -0.25) is 4.79 Å². The van der Waals surface area contributed by atoms with E-state index < -0.39 is 0 Å². The topological polar surface area (TPSA) is 48.0 Å². The molecule has 3 heteroatoms. The van der Waals surface area contributed by atoms with Crippen LogP contribution in [0.25, 0.3) is 10.9 Å². The van der Waals surface area contributed by atoms with E-state index in [1.54, 1.807) is 0 Å². The van der Waals surface area contributed by atoms with E-state index in [1.165, 1.54) is 0 Å². The third-order valence-electron chi connectivity index (χ3n) is 2.79. The SMILES string of the molecule is CCn1c(C)c(C(N)=O)c2ccccc21. The Balaban J connectivity index is 2.91. The van der Waals surface area contributed by atoms with Crippen LogP contribution in [-0.4, -0.2) is 10.5 Å². The van der Waals surface area contributed by atoms with Gasteiger partial charge in [0.05, 0.1) is 5.56 Å². The first kappa shape index (κ1) is 9.77. The lowest BCUT2D eigenvalue weighted by molar-refractivity contribution is 0.100. The molecule has 0 saturated heterocycles. The number of hydrogen-bond acceptors (Lipinski definition) is 1. The van der Waals surface area contributed by atoms with Gasteiger partial charge < -0.3 is 10.3 Å². The van der Waals surface area contributed by atoms with Crippen LogP contribution in [0.2, 0.25) is 0 Å². The van der Waals surface area contributed by atoms with Crippen LogP contribution >= 0.6 is 0 Å². The number of fused-ring (bicyclic) bond motifs is 1. The van der Waals surface area contributed by atoms with Crippen LogP contribution in [0, 0.1) is 6.92 Å². The van der Waals surface area contributed by atoms with E-state index >= 15 is 0 Å². The van der Waals surface area contributed by atoms with E-state index in [0.717, 1.165) is 23.1 Å². The second-order valence-electron chi connectivity index (χ2n) is 3.59. The molecule has 2 aromatic rings. The van der Waals surface area contributed by atoms with Crippen LogP contribution in [0.15, 0.2) is 24.3 Å². The van der Waals surface area contributed by atoms with E-state index in [-0.39, 0.29) is 5.91 Å². The molecule has 0 saturated carbocycles. The first-order valence-electron chi connectivity index (χ1n) is 5.04. The van der Waals surface area contributed by atoms with Crippen molar-refractivity contribution in [3.05, 3.63) is 35.5 Å². The highest BCUT2D eigenvalue weighted by molar-refractivity contribution is 6.07. The molecule has 0 spiro atoms. The molecule has 15 heavy (non-hydrogen) atoms. The summed E-state index contributed by atoms with van der Waals surface area (Å²) in [6, 6.07) is 7.85. The molecular formula is C12H14N2O. The summed E-state index contributed by atoms with van der Waals surface area (Å²) in [5.41, 5.74) is 8.07. The van der Waals surface area contributed by atoms with Gasteiger partial charge in [0, 0.05) is 23.1 Å². The molecule has 0 radical (unpaired) electrons. The van der Waals surface area contributed by atoms with Crippen LogP contribution in [0.3, 0.4) is 0 Å². The zero-order valence-electron chi connectivity index (χ0n) is 8.95. The molecule has 0 bridgehead atoms. The van der Waals surface area contributed by atoms with Crippen LogP contribution in [-0.2, 0) is 6.54 Å². The van der Waals surface area contributed by atoms with Gasteiger partial charge in [-0.15, -0.1) is 0 Å². The predicted molar refractivity (Wildman–Crippen MR) is 60.9 cm³/mol. The summed E-state index contributed by atoms with van der Waals surface area (Å²) in [6.45, 7) is 4.84. The fourth-order valence-corrected chi connectivity index (χ4v) is 2.15. The minimum absolute atomic E-state index is 0.351. The lowest BCUT2D eigenvalue weighted by atomic mass is 10.1. The smallest absolute Gasteiger partial charge is 0.251 e. The lowest BCUT2D eigenvalue weighted by Crippen LogP contribution is -2.12. The van der Waals surface area contributed by atoms with Gasteiger partial charge in [-0.05, 0) is 19.9 Å². The quantitative estimate of drug-likeness (QED) is 0.796. The van der Waals surface area contributed by atoms with Crippen molar-refractivity contribution in [1.82, 2.24) is 4.57 Å². The summed E-state index contributed by atoms with van der Waals surface area (Å²) in [5, 5.41) is 0.948. The van der Waals surface area contributed by atoms with Gasteiger partial charge in [0.25, 0.3) is 5.91 Å². The largest absolute Gasteiger partial charge is 0.366 e. The number of carbonyl (C=O) groups excluding carboxylic acids is 1. The third-order valence-corrected chi connectivity index (χ3v) is 2.79. The number of aromatic nitrogens is 1. The van der Waals surface area contributed by atoms with Crippen molar-refractivity contribution in [2.24, 2.45) is 5.73 Å². The van der Waals surface area contributed by atoms with Crippen molar-refractivity contribution in [3.63, 3.8) is 0 Å². The zero-order chi connectivity index (χ0) is 11.0. The number of amides is 1. The van der Waals surface area contributed by atoms with E-state index in [4.69, 9.17) is 5.73 Å². The second kappa shape index (κ2) is 3.42. The fraction of sp³-hybridized carbons (Fsp3) is 0.250. The first-order valence-corrected chi connectivity index (χ1v) is 5.04. The molecule has 78 valence electrons. The number of hydrogen-bond donors (Lipinski definition) is 1. The van der Waals surface area contributed by atoms with Gasteiger partial charge in [-0.25, -0.2) is 0 Å². The molecule has 1 heterocycles. The molecule has 1 aromatic carbocycles. The van der Waals surface area contributed by atoms with Gasteiger partial charge in [-0.2, -0.15) is 0 Å². The predicted octanol–water partition coefficient (Wildman–Crippen LogP) is 2.07. The number of primary amides is 1. The van der Waals surface area contributed by atoms with Crippen LogP contribution < -0.4 is 5.73 Å². The Labute approximate surface area is 88.5 Å². The number of nitrogens with zero attached hydrogens (tertiary/aromatic N) is 1. The van der Waals surface area contributed by atoms with Crippen molar-refractivity contribution in [1.29, 1.82) is 0 Å². The van der Waals surface area contributed by atoms with Crippen LogP contribution in [0.1, 0.15) is 23.0 Å². The Morgan fingerprint density at radius 3 is 2.67 bits per heavy atom. The number of carbonyl (C=O) groups is 1. The van der Waals surface area contributed by atoms with Gasteiger partial charge in [0.1, 0.15) is 0 Å². The highest BCUT2D eigenvalue weighted by Crippen LogP contribution is 2.25. The lowest BCUT2D eigenvalue weighted by Gasteiger charge is -2.03. The minimum atomic E-state index is -0.351. The van der Waals surface area contributed by atoms with Crippen molar-refractivity contribution < 1.29 is 4.79 Å². The van der Waals surface area contributed by atoms with Crippen molar-refractivity contribution in [2.75, 3.05) is 0 Å². The highest BCUT2D eigenvalue weighted by atomic mass is 16.1. The number of nitrogens with two attached hydrogens (primary N) is 1. The van der Waals surface area contributed by atoms with Gasteiger partial charge >= 0.3 is 0 Å². The molecule has 0 aliphatic rings. The van der Waals surface area contributed by atoms with Gasteiger partial charge in [0.15, 0.2) is 0 Å². The van der Waals surface area contributed by atoms with Crippen molar-refractivity contribution in [2.45, 2.75) is 20.4 Å². The summed E-state index contributed by atoms with van der Waals surface area (Å²) >= 11 is 0. The summed E-state index contributed by atoms with van der Waals surface area (Å²) in [4.78, 5) is 11.4. The molecule has 0 aliphatic heterocycles. The third kappa shape index (κ3) is 1.31. The number of benzene rings is 1. The molecule has 1 amide bonds. The van der Waals surface area contributed by atoms with E-state index in [9.17, 15) is 4.79 Å². The summed E-state index contributed by atoms with van der Waals surface area (Å²) < 4.78 is 2.11. The number of para-hydroxylation sites is 1. The van der Waals surface area contributed by atoms with E-state index in [0.29, 0.717) is 5.56 Å². The normalized spacial score (nSPS) is 10.8. The van der Waals surface area contributed by atoms with Crippen molar-refractivity contribution in [3.8, 4) is 0 Å². The molecule has 0 atom stereocenters. The van der Waals surface area contributed by atoms with E-state index in [2.05, 4.69) is 11.5 Å².